The number of benzene rings is 2. The molecule has 0 aliphatic heterocycles. The molecule has 3 N–H and O–H groups in total. The summed E-state index contributed by atoms with van der Waals surface area (Å²) in [5, 5.41) is 8.02. The molecule has 5 rings (SSSR count). The predicted octanol–water partition coefficient (Wildman–Crippen LogP) is 4.77. The van der Waals surface area contributed by atoms with Gasteiger partial charge in [0.25, 0.3) is 0 Å². The number of hydrogen-bond acceptors (Lipinski definition) is 5. The normalized spacial score (nSPS) is 13.3. The monoisotopic (exact) mass is 400 g/mol. The van der Waals surface area contributed by atoms with Gasteiger partial charge in [-0.1, -0.05) is 18.2 Å². The van der Waals surface area contributed by atoms with Crippen molar-refractivity contribution in [2.45, 2.75) is 25.7 Å². The highest BCUT2D eigenvalue weighted by molar-refractivity contribution is 6.01. The van der Waals surface area contributed by atoms with Crippen LogP contribution in [0.4, 0.5) is 5.82 Å². The van der Waals surface area contributed by atoms with Crippen LogP contribution < -0.4 is 15.2 Å². The molecule has 1 aliphatic rings. The quantitative estimate of drug-likeness (QED) is 0.515. The van der Waals surface area contributed by atoms with Crippen LogP contribution in [0.5, 0.6) is 11.5 Å². The third kappa shape index (κ3) is 3.05. The van der Waals surface area contributed by atoms with E-state index >= 15 is 0 Å². The second kappa shape index (κ2) is 7.37. The molecule has 2 aromatic heterocycles. The summed E-state index contributed by atoms with van der Waals surface area (Å²) >= 11 is 0. The van der Waals surface area contributed by atoms with E-state index < -0.39 is 0 Å². The number of aromatic nitrogens is 3. The maximum atomic E-state index is 6.21. The van der Waals surface area contributed by atoms with E-state index in [0.29, 0.717) is 23.0 Å². The van der Waals surface area contributed by atoms with Crippen LogP contribution in [0.15, 0.2) is 42.5 Å². The zero-order valence-corrected chi connectivity index (χ0v) is 17.2. The number of nitrogens with one attached hydrogen (secondary N) is 1. The van der Waals surface area contributed by atoms with Gasteiger partial charge in [-0.25, -0.2) is 4.98 Å². The molecule has 2 heterocycles. The second-order valence-corrected chi connectivity index (χ2v) is 7.65. The average Bonchev–Trinajstić information content (AvgIpc) is 3.18. The summed E-state index contributed by atoms with van der Waals surface area (Å²) in [7, 11) is 3.26. The van der Waals surface area contributed by atoms with E-state index in [1.807, 2.05) is 18.2 Å². The lowest BCUT2D eigenvalue weighted by molar-refractivity contribution is 0.355. The number of nitrogens with zero attached hydrogens (tertiary/aromatic N) is 2. The van der Waals surface area contributed by atoms with Crippen molar-refractivity contribution >= 4 is 16.9 Å². The Morgan fingerprint density at radius 3 is 2.43 bits per heavy atom. The summed E-state index contributed by atoms with van der Waals surface area (Å²) in [4.78, 5) is 4.80. The number of nitrogen functional groups attached to an aromatic ring is 1. The largest absolute Gasteiger partial charge is 0.493 e. The lowest BCUT2D eigenvalue weighted by Gasteiger charge is -2.17. The Hall–Kier alpha value is -3.54. The minimum Gasteiger partial charge on any atom is -0.493 e. The van der Waals surface area contributed by atoms with E-state index in [1.165, 1.54) is 24.0 Å². The first-order valence-corrected chi connectivity index (χ1v) is 10.2. The van der Waals surface area contributed by atoms with Crippen LogP contribution in [-0.2, 0) is 12.8 Å². The number of aromatic amines is 1. The van der Waals surface area contributed by atoms with Gasteiger partial charge in [-0.3, -0.25) is 5.10 Å². The first-order chi connectivity index (χ1) is 14.7. The fourth-order valence-electron chi connectivity index (χ4n) is 4.32. The van der Waals surface area contributed by atoms with Crippen molar-refractivity contribution in [3.63, 3.8) is 0 Å². The number of rotatable bonds is 4. The first kappa shape index (κ1) is 18.5. The van der Waals surface area contributed by atoms with E-state index in [2.05, 4.69) is 34.5 Å². The molecule has 6 heteroatoms. The van der Waals surface area contributed by atoms with E-state index in [9.17, 15) is 0 Å². The van der Waals surface area contributed by atoms with Crippen LogP contribution in [0.25, 0.3) is 33.4 Å². The van der Waals surface area contributed by atoms with Gasteiger partial charge in [0.1, 0.15) is 5.82 Å². The predicted molar refractivity (Wildman–Crippen MR) is 119 cm³/mol. The Balaban J connectivity index is 1.70. The van der Waals surface area contributed by atoms with Gasteiger partial charge in [0.15, 0.2) is 17.1 Å². The molecule has 2 aromatic carbocycles. The van der Waals surface area contributed by atoms with Crippen molar-refractivity contribution in [3.05, 3.63) is 53.6 Å². The van der Waals surface area contributed by atoms with Crippen molar-refractivity contribution in [3.8, 4) is 33.9 Å². The molecule has 4 aromatic rings. The molecule has 0 spiro atoms. The van der Waals surface area contributed by atoms with E-state index in [4.69, 9.17) is 20.2 Å². The second-order valence-electron chi connectivity index (χ2n) is 7.65. The molecule has 0 radical (unpaired) electrons. The molecular formula is C24H24N4O2. The molecule has 0 amide bonds. The molecule has 0 fully saturated rings. The lowest BCUT2D eigenvalue weighted by atomic mass is 9.89. The van der Waals surface area contributed by atoms with Crippen LogP contribution in [-0.4, -0.2) is 29.4 Å². The maximum Gasteiger partial charge on any atom is 0.184 e. The van der Waals surface area contributed by atoms with Gasteiger partial charge in [0.2, 0.25) is 0 Å². The number of hydrogen-bond donors (Lipinski definition) is 2. The number of ether oxygens (including phenoxy) is 2. The third-order valence-corrected chi connectivity index (χ3v) is 5.89. The molecular weight excluding hydrogens is 376 g/mol. The number of fused-ring (bicyclic) bond motifs is 2. The summed E-state index contributed by atoms with van der Waals surface area (Å²) in [6.45, 7) is 0. The van der Waals surface area contributed by atoms with Crippen LogP contribution in [0.3, 0.4) is 0 Å². The van der Waals surface area contributed by atoms with Crippen LogP contribution in [0.1, 0.15) is 24.0 Å². The standard InChI is InChI=1S/C24H24N4O2/c1-29-20-10-9-16(12-21(20)30-2)18-13-19(26-24-22(18)23(25)27-28-24)17-8-7-14-5-3-4-6-15(14)11-17/h7-13H,3-6H2,1-2H3,(H3,25,26,27,28). The molecule has 0 atom stereocenters. The van der Waals surface area contributed by atoms with Gasteiger partial charge >= 0.3 is 0 Å². The molecule has 30 heavy (non-hydrogen) atoms. The van der Waals surface area contributed by atoms with Crippen molar-refractivity contribution in [1.29, 1.82) is 0 Å². The topological polar surface area (TPSA) is 86.1 Å². The van der Waals surface area contributed by atoms with Crippen LogP contribution >= 0.6 is 0 Å². The van der Waals surface area contributed by atoms with Crippen LogP contribution in [0, 0.1) is 0 Å². The zero-order chi connectivity index (χ0) is 20.7. The molecule has 0 unspecified atom stereocenters. The highest BCUT2D eigenvalue weighted by Gasteiger charge is 2.17. The zero-order valence-electron chi connectivity index (χ0n) is 17.2. The Morgan fingerprint density at radius 2 is 1.63 bits per heavy atom. The molecule has 152 valence electrons. The fourth-order valence-corrected chi connectivity index (χ4v) is 4.32. The van der Waals surface area contributed by atoms with Gasteiger partial charge in [0.05, 0.1) is 25.3 Å². The van der Waals surface area contributed by atoms with Crippen molar-refractivity contribution < 1.29 is 9.47 Å². The minimum atomic E-state index is 0.499. The van der Waals surface area contributed by atoms with Crippen LogP contribution in [0.2, 0.25) is 0 Å². The smallest absolute Gasteiger partial charge is 0.184 e. The summed E-state index contributed by atoms with van der Waals surface area (Å²) < 4.78 is 10.9. The third-order valence-electron chi connectivity index (χ3n) is 5.89. The average molecular weight is 400 g/mol. The van der Waals surface area contributed by atoms with Crippen molar-refractivity contribution in [2.75, 3.05) is 20.0 Å². The van der Waals surface area contributed by atoms with E-state index in [0.717, 1.165) is 40.6 Å². The number of aryl methyl sites for hydroxylation is 2. The highest BCUT2D eigenvalue weighted by atomic mass is 16.5. The number of pyridine rings is 1. The van der Waals surface area contributed by atoms with Gasteiger partial charge in [-0.05, 0) is 72.2 Å². The fraction of sp³-hybridized carbons (Fsp3) is 0.250. The number of anilines is 1. The lowest BCUT2D eigenvalue weighted by Crippen LogP contribution is -2.02. The summed E-state index contributed by atoms with van der Waals surface area (Å²) in [5.41, 5.74) is 13.6. The molecule has 0 bridgehead atoms. The first-order valence-electron chi connectivity index (χ1n) is 10.2. The Kier molecular flexibility index (Phi) is 4.54. The Bertz CT molecular complexity index is 1250. The summed E-state index contributed by atoms with van der Waals surface area (Å²) in [6.07, 6.45) is 4.81. The highest BCUT2D eigenvalue weighted by Crippen LogP contribution is 2.38. The molecule has 6 nitrogen and oxygen atoms in total. The molecule has 0 saturated carbocycles. The number of H-pyrrole nitrogens is 1. The Labute approximate surface area is 175 Å². The van der Waals surface area contributed by atoms with E-state index in [1.54, 1.807) is 14.2 Å². The van der Waals surface area contributed by atoms with Gasteiger partial charge in [-0.15, -0.1) is 0 Å². The van der Waals surface area contributed by atoms with Gasteiger partial charge < -0.3 is 15.2 Å². The number of nitrogens with two attached hydrogens (primary N) is 1. The molecule has 1 aliphatic carbocycles. The van der Waals surface area contributed by atoms with Crippen molar-refractivity contribution in [2.24, 2.45) is 0 Å². The summed E-state index contributed by atoms with van der Waals surface area (Å²) in [5.74, 6) is 1.85. The van der Waals surface area contributed by atoms with Crippen molar-refractivity contribution in [1.82, 2.24) is 15.2 Å². The maximum absolute atomic E-state index is 6.21. The number of methoxy groups -OCH3 is 2. The summed E-state index contributed by atoms with van der Waals surface area (Å²) in [6, 6.07) is 14.6. The van der Waals surface area contributed by atoms with E-state index in [-0.39, 0.29) is 0 Å². The van der Waals surface area contributed by atoms with Gasteiger partial charge in [-0.2, -0.15) is 5.10 Å². The Morgan fingerprint density at radius 1 is 0.867 bits per heavy atom. The minimum absolute atomic E-state index is 0.499. The SMILES string of the molecule is COc1ccc(-c2cc(-c3ccc4c(c3)CCCC4)nc3n[nH]c(N)c23)cc1OC. The molecule has 0 saturated heterocycles. The van der Waals surface area contributed by atoms with Gasteiger partial charge in [0, 0.05) is 5.56 Å².